The van der Waals surface area contributed by atoms with Crippen LogP contribution in [0, 0.1) is 53.3 Å². The third-order valence-corrected chi connectivity index (χ3v) is 16.8. The lowest BCUT2D eigenvalue weighted by molar-refractivity contribution is 0.0217. The monoisotopic (exact) mass is 724 g/mol. The van der Waals surface area contributed by atoms with Crippen LogP contribution >= 0.6 is 0 Å². The van der Waals surface area contributed by atoms with Gasteiger partial charge in [-0.1, -0.05) is 99.6 Å². The summed E-state index contributed by atoms with van der Waals surface area (Å²) in [6.07, 6.45) is 47.5. The molecule has 0 aromatic heterocycles. The van der Waals surface area contributed by atoms with Crippen LogP contribution in [0.5, 0.6) is 0 Å². The summed E-state index contributed by atoms with van der Waals surface area (Å²) in [6.45, 7) is 2.50. The minimum atomic E-state index is 0.414. The largest absolute Gasteiger partial charge is 0.493 e. The Morgan fingerprint density at radius 2 is 1.50 bits per heavy atom. The molecule has 11 unspecified atom stereocenters. The van der Waals surface area contributed by atoms with Gasteiger partial charge in [0.2, 0.25) is 0 Å². The summed E-state index contributed by atoms with van der Waals surface area (Å²) in [5, 5.41) is 0. The molecule has 288 valence electrons. The summed E-state index contributed by atoms with van der Waals surface area (Å²) in [6, 6.07) is 9.99. The Morgan fingerprint density at radius 3 is 2.35 bits per heavy atom. The Balaban J connectivity index is 0.819. The van der Waals surface area contributed by atoms with Crippen LogP contribution in [-0.2, 0) is 4.74 Å². The van der Waals surface area contributed by atoms with Crippen LogP contribution in [0.1, 0.15) is 160 Å². The molecule has 4 fully saturated rings. The molecule has 8 aliphatic carbocycles. The summed E-state index contributed by atoms with van der Waals surface area (Å²) < 4.78 is 7.31. The smallest absolute Gasteiger partial charge is 0.111 e. The standard InChI is InChI=1S/C52H69NO/c1-35-11-7-14-40(33-35)47-19-9-21-49-50-22-10-20-48(52(50)54-51(47)49)41-15-8-13-39(34-41)36-23-28-43(29-24-36)53(42-16-3-2-4-17-42)44-30-25-38(26-31-44)46-32-27-37-12-5-6-18-45(37)46/h2-3,8,13,15-16,25-26,28,30-31,35-37,39-40,45-48,50,52H,4-7,9-12,14,17-24,27,29,32-34H2,1H3. The number of ether oxygens (including phenoxy) is 1. The Morgan fingerprint density at radius 1 is 0.648 bits per heavy atom. The lowest BCUT2D eigenvalue weighted by Gasteiger charge is -2.39. The van der Waals surface area contributed by atoms with Crippen LogP contribution < -0.4 is 4.90 Å². The van der Waals surface area contributed by atoms with E-state index in [1.807, 2.05) is 0 Å². The molecule has 0 saturated heterocycles. The molecule has 2 nitrogen and oxygen atoms in total. The lowest BCUT2D eigenvalue weighted by atomic mass is 9.67. The van der Waals surface area contributed by atoms with E-state index in [1.165, 1.54) is 151 Å². The zero-order chi connectivity index (χ0) is 36.0. The molecule has 0 radical (unpaired) electrons. The molecule has 1 aliphatic heterocycles. The predicted molar refractivity (Wildman–Crippen MR) is 225 cm³/mol. The minimum absolute atomic E-state index is 0.414. The molecule has 54 heavy (non-hydrogen) atoms. The van der Waals surface area contributed by atoms with Crippen LogP contribution in [0.3, 0.4) is 0 Å². The molecular formula is C52H69NO. The zero-order valence-corrected chi connectivity index (χ0v) is 33.6. The van der Waals surface area contributed by atoms with Gasteiger partial charge in [-0.3, -0.25) is 0 Å². The molecular weight excluding hydrogens is 655 g/mol. The highest BCUT2D eigenvalue weighted by Crippen LogP contribution is 2.55. The topological polar surface area (TPSA) is 12.5 Å². The summed E-state index contributed by atoms with van der Waals surface area (Å²) in [5.41, 5.74) is 9.51. The Hall–Kier alpha value is -2.74. The minimum Gasteiger partial charge on any atom is -0.493 e. The van der Waals surface area contributed by atoms with E-state index < -0.39 is 0 Å². The highest BCUT2D eigenvalue weighted by Gasteiger charge is 2.49. The van der Waals surface area contributed by atoms with Crippen molar-refractivity contribution < 1.29 is 4.74 Å². The van der Waals surface area contributed by atoms with Gasteiger partial charge in [0.25, 0.3) is 0 Å². The van der Waals surface area contributed by atoms with E-state index in [-0.39, 0.29) is 0 Å². The number of benzene rings is 1. The maximum absolute atomic E-state index is 7.31. The van der Waals surface area contributed by atoms with E-state index in [0.29, 0.717) is 29.8 Å². The maximum atomic E-state index is 7.31. The maximum Gasteiger partial charge on any atom is 0.111 e. The quantitative estimate of drug-likeness (QED) is 0.278. The molecule has 11 atom stereocenters. The first-order chi connectivity index (χ1) is 26.7. The first kappa shape index (κ1) is 35.7. The number of nitrogens with zero attached hydrogens (tertiary/aromatic N) is 1. The molecule has 2 heteroatoms. The van der Waals surface area contributed by atoms with Crippen molar-refractivity contribution in [3.63, 3.8) is 0 Å². The van der Waals surface area contributed by atoms with Crippen LogP contribution in [0.2, 0.25) is 0 Å². The second kappa shape index (κ2) is 15.7. The van der Waals surface area contributed by atoms with E-state index in [1.54, 1.807) is 16.7 Å². The van der Waals surface area contributed by atoms with Gasteiger partial charge >= 0.3 is 0 Å². The van der Waals surface area contributed by atoms with Gasteiger partial charge in [0.1, 0.15) is 6.10 Å². The van der Waals surface area contributed by atoms with E-state index in [9.17, 15) is 0 Å². The summed E-state index contributed by atoms with van der Waals surface area (Å²) in [5.74, 6) is 9.41. The van der Waals surface area contributed by atoms with Gasteiger partial charge in [-0.2, -0.15) is 0 Å². The molecule has 10 rings (SSSR count). The van der Waals surface area contributed by atoms with Crippen molar-refractivity contribution in [2.45, 2.75) is 160 Å². The van der Waals surface area contributed by atoms with Crippen LogP contribution in [0.15, 0.2) is 95.1 Å². The van der Waals surface area contributed by atoms with Crippen LogP contribution in [0.4, 0.5) is 5.69 Å². The van der Waals surface area contributed by atoms with E-state index in [4.69, 9.17) is 4.74 Å². The third kappa shape index (κ3) is 6.87. The molecule has 0 amide bonds. The number of rotatable bonds is 7. The number of fused-ring (bicyclic) bond motifs is 3. The number of hydrogen-bond acceptors (Lipinski definition) is 2. The summed E-state index contributed by atoms with van der Waals surface area (Å²) in [7, 11) is 0. The van der Waals surface area contributed by atoms with Crippen molar-refractivity contribution in [3.8, 4) is 0 Å². The number of hydrogen-bond donors (Lipinski definition) is 0. The normalized spacial score (nSPS) is 39.1. The average molecular weight is 724 g/mol. The van der Waals surface area contributed by atoms with Crippen LogP contribution in [0.25, 0.3) is 0 Å². The molecule has 9 aliphatic rings. The summed E-state index contributed by atoms with van der Waals surface area (Å²) in [4.78, 5) is 2.67. The fourth-order valence-corrected chi connectivity index (χ4v) is 14.1. The van der Waals surface area contributed by atoms with Crippen molar-refractivity contribution in [3.05, 3.63) is 101 Å². The first-order valence-corrected chi connectivity index (χ1v) is 23.4. The fourth-order valence-electron chi connectivity index (χ4n) is 14.1. The van der Waals surface area contributed by atoms with Crippen molar-refractivity contribution in [2.24, 2.45) is 53.3 Å². The first-order valence-electron chi connectivity index (χ1n) is 23.4. The van der Waals surface area contributed by atoms with Gasteiger partial charge in [-0.05, 0) is 174 Å². The highest BCUT2D eigenvalue weighted by molar-refractivity contribution is 5.60. The van der Waals surface area contributed by atoms with Crippen LogP contribution in [-0.4, -0.2) is 6.10 Å². The van der Waals surface area contributed by atoms with Crippen molar-refractivity contribution in [1.29, 1.82) is 0 Å². The zero-order valence-electron chi connectivity index (χ0n) is 33.6. The fraction of sp³-hybridized carbons (Fsp3) is 0.654. The predicted octanol–water partition coefficient (Wildman–Crippen LogP) is 14.3. The number of allylic oxidation sites excluding steroid dienone is 10. The Labute approximate surface area is 328 Å². The van der Waals surface area contributed by atoms with Gasteiger partial charge < -0.3 is 9.64 Å². The molecule has 1 aromatic rings. The second-order valence-electron chi connectivity index (χ2n) is 19.8. The SMILES string of the molecule is CC1CCCC(C2CCCC3=C2OC2C(C4=CC=CC(C5CC=C(N(C6=CC=CCC6)c6ccc(C7CCC8CCCCC87)cc6)CC5)C4)CCCC32)C1. The molecule has 1 heterocycles. The third-order valence-electron chi connectivity index (χ3n) is 16.8. The Kier molecular flexibility index (Phi) is 10.3. The average Bonchev–Trinajstić information content (AvgIpc) is 3.84. The molecule has 4 saturated carbocycles. The van der Waals surface area contributed by atoms with E-state index in [0.717, 1.165) is 48.3 Å². The van der Waals surface area contributed by atoms with Gasteiger partial charge in [0, 0.05) is 34.8 Å². The molecule has 0 N–H and O–H groups in total. The Bertz CT molecular complexity index is 1700. The highest BCUT2D eigenvalue weighted by atomic mass is 16.5. The molecule has 0 bridgehead atoms. The lowest BCUT2D eigenvalue weighted by Crippen LogP contribution is -2.35. The van der Waals surface area contributed by atoms with Gasteiger partial charge in [0.05, 0.1) is 5.76 Å². The van der Waals surface area contributed by atoms with Crippen molar-refractivity contribution in [1.82, 2.24) is 0 Å². The van der Waals surface area contributed by atoms with Crippen molar-refractivity contribution >= 4 is 5.69 Å². The number of anilines is 1. The summed E-state index contributed by atoms with van der Waals surface area (Å²) >= 11 is 0. The van der Waals surface area contributed by atoms with E-state index >= 15 is 0 Å². The molecule has 1 aromatic carbocycles. The second-order valence-corrected chi connectivity index (χ2v) is 19.8. The molecule has 0 spiro atoms. The van der Waals surface area contributed by atoms with Gasteiger partial charge in [0.15, 0.2) is 0 Å². The van der Waals surface area contributed by atoms with Gasteiger partial charge in [-0.15, -0.1) is 0 Å². The van der Waals surface area contributed by atoms with E-state index in [2.05, 4.69) is 78.6 Å². The van der Waals surface area contributed by atoms with Crippen molar-refractivity contribution in [2.75, 3.05) is 4.90 Å². The van der Waals surface area contributed by atoms with Gasteiger partial charge in [-0.25, -0.2) is 0 Å².